The summed E-state index contributed by atoms with van der Waals surface area (Å²) in [5.41, 5.74) is 1.72. The maximum absolute atomic E-state index is 13.3. The monoisotopic (exact) mass is 467 g/mol. The molecule has 1 saturated carbocycles. The molecule has 1 aliphatic rings. The molecule has 9 heteroatoms. The minimum atomic E-state index is -0.238. The highest BCUT2D eigenvalue weighted by atomic mass is 32.1. The molecule has 0 bridgehead atoms. The predicted molar refractivity (Wildman–Crippen MR) is 127 cm³/mol. The van der Waals surface area contributed by atoms with Gasteiger partial charge >= 0.3 is 0 Å². The van der Waals surface area contributed by atoms with Gasteiger partial charge in [0.15, 0.2) is 0 Å². The summed E-state index contributed by atoms with van der Waals surface area (Å²) in [5, 5.41) is 5.42. The molecule has 33 heavy (non-hydrogen) atoms. The Kier molecular flexibility index (Phi) is 6.09. The summed E-state index contributed by atoms with van der Waals surface area (Å²) in [7, 11) is 1.65. The first-order valence-corrected chi connectivity index (χ1v) is 11.6. The number of aryl methyl sites for hydroxylation is 1. The maximum Gasteiger partial charge on any atom is 0.262 e. The Labute approximate surface area is 195 Å². The van der Waals surface area contributed by atoms with Gasteiger partial charge in [-0.15, -0.1) is 5.10 Å². The average Bonchev–Trinajstić information content (AvgIpc) is 3.62. The minimum absolute atomic E-state index is 0.0771. The summed E-state index contributed by atoms with van der Waals surface area (Å²) in [6, 6.07) is 14.5. The molecule has 0 radical (unpaired) electrons. The zero-order valence-corrected chi connectivity index (χ0v) is 19.3. The van der Waals surface area contributed by atoms with E-state index in [-0.39, 0.29) is 11.4 Å². The van der Waals surface area contributed by atoms with Gasteiger partial charge in [0, 0.05) is 32.8 Å². The van der Waals surface area contributed by atoms with Crippen molar-refractivity contribution < 1.29 is 9.13 Å². The van der Waals surface area contributed by atoms with Crippen LogP contribution in [0, 0.1) is 10.6 Å². The van der Waals surface area contributed by atoms with Crippen LogP contribution in [-0.4, -0.2) is 43.4 Å². The lowest BCUT2D eigenvalue weighted by molar-refractivity contribution is 0.186. The first-order valence-electron chi connectivity index (χ1n) is 11.2. The zero-order chi connectivity index (χ0) is 22.9. The minimum Gasteiger partial charge on any atom is -0.385 e. The second kappa shape index (κ2) is 9.17. The fraction of sp³-hybridized carbons (Fsp3) is 0.375. The molecule has 0 spiro atoms. The van der Waals surface area contributed by atoms with Crippen LogP contribution in [0.4, 0.5) is 4.39 Å². The van der Waals surface area contributed by atoms with E-state index >= 15 is 0 Å². The third-order valence-corrected chi connectivity index (χ3v) is 6.49. The number of hydrogen-bond donors (Lipinski definition) is 0. The van der Waals surface area contributed by atoms with Crippen molar-refractivity contribution in [2.75, 3.05) is 13.7 Å². The Morgan fingerprint density at radius 2 is 1.94 bits per heavy atom. The fourth-order valence-corrected chi connectivity index (χ4v) is 4.54. The molecule has 0 amide bonds. The lowest BCUT2D eigenvalue weighted by Crippen LogP contribution is -2.29. The predicted octanol–water partition coefficient (Wildman–Crippen LogP) is 3.98. The number of halogens is 1. The van der Waals surface area contributed by atoms with Crippen LogP contribution in [0.25, 0.3) is 16.7 Å². The standard InChI is InChI=1S/C24H26FN5O2S/c1-32-14-4-13-28-22(31)20-5-2-3-6-21(20)30-23(28)26-29(24(30)33)16-27(19-11-12-19)15-17-7-9-18(25)10-8-17/h2-3,5-10,19H,4,11-16H2,1H3. The molecular formula is C24H26FN5O2S. The number of benzene rings is 2. The highest BCUT2D eigenvalue weighted by Gasteiger charge is 2.30. The molecule has 0 aliphatic heterocycles. The van der Waals surface area contributed by atoms with Crippen molar-refractivity contribution in [3.8, 4) is 0 Å². The van der Waals surface area contributed by atoms with Crippen LogP contribution in [0.5, 0.6) is 0 Å². The maximum atomic E-state index is 13.3. The summed E-state index contributed by atoms with van der Waals surface area (Å²) in [6.45, 7) is 2.24. The molecule has 2 heterocycles. The Bertz CT molecular complexity index is 1400. The number of methoxy groups -OCH3 is 1. The van der Waals surface area contributed by atoms with E-state index in [1.165, 1.54) is 12.1 Å². The van der Waals surface area contributed by atoms with Crippen LogP contribution >= 0.6 is 12.2 Å². The second-order valence-corrected chi connectivity index (χ2v) is 8.85. The summed E-state index contributed by atoms with van der Waals surface area (Å²) in [6.07, 6.45) is 2.93. The highest BCUT2D eigenvalue weighted by molar-refractivity contribution is 7.71. The summed E-state index contributed by atoms with van der Waals surface area (Å²) in [4.78, 5) is 15.6. The number of para-hydroxylation sites is 1. The van der Waals surface area contributed by atoms with Crippen LogP contribution in [-0.2, 0) is 24.5 Å². The van der Waals surface area contributed by atoms with Crippen molar-refractivity contribution >= 4 is 28.9 Å². The van der Waals surface area contributed by atoms with Crippen LogP contribution in [0.2, 0.25) is 0 Å². The van der Waals surface area contributed by atoms with Gasteiger partial charge in [-0.05, 0) is 61.3 Å². The van der Waals surface area contributed by atoms with Gasteiger partial charge in [0.1, 0.15) is 5.82 Å². The number of nitrogens with zero attached hydrogens (tertiary/aromatic N) is 5. The number of ether oxygens (including phenoxy) is 1. The van der Waals surface area contributed by atoms with Crippen LogP contribution in [0.1, 0.15) is 24.8 Å². The average molecular weight is 468 g/mol. The smallest absolute Gasteiger partial charge is 0.262 e. The molecule has 4 aromatic rings. The van der Waals surface area contributed by atoms with Gasteiger partial charge in [0.2, 0.25) is 10.5 Å². The SMILES string of the molecule is COCCCn1c(=O)c2ccccc2n2c(=S)n(CN(Cc3ccc(F)cc3)C3CC3)nc12. The van der Waals surface area contributed by atoms with Crippen molar-refractivity contribution in [2.45, 2.75) is 45.1 Å². The van der Waals surface area contributed by atoms with Crippen molar-refractivity contribution in [3.63, 3.8) is 0 Å². The molecule has 5 rings (SSSR count). The Hall–Kier alpha value is -2.88. The fourth-order valence-electron chi connectivity index (χ4n) is 4.26. The van der Waals surface area contributed by atoms with Crippen LogP contribution in [0.15, 0.2) is 53.3 Å². The first kappa shape index (κ1) is 21.9. The number of aromatic nitrogens is 4. The van der Waals surface area contributed by atoms with E-state index in [1.807, 2.05) is 40.8 Å². The second-order valence-electron chi connectivity index (χ2n) is 8.48. The third kappa shape index (κ3) is 4.36. The molecule has 2 aromatic carbocycles. The molecule has 0 N–H and O–H groups in total. The Morgan fingerprint density at radius 1 is 1.18 bits per heavy atom. The van der Waals surface area contributed by atoms with E-state index in [9.17, 15) is 9.18 Å². The van der Waals surface area contributed by atoms with Gasteiger partial charge in [0.05, 0.1) is 17.6 Å². The molecule has 0 unspecified atom stereocenters. The van der Waals surface area contributed by atoms with E-state index in [0.29, 0.717) is 54.8 Å². The Morgan fingerprint density at radius 3 is 2.67 bits per heavy atom. The van der Waals surface area contributed by atoms with Crippen LogP contribution < -0.4 is 5.56 Å². The van der Waals surface area contributed by atoms with E-state index in [0.717, 1.165) is 23.9 Å². The van der Waals surface area contributed by atoms with E-state index in [2.05, 4.69) is 4.90 Å². The zero-order valence-electron chi connectivity index (χ0n) is 18.5. The lowest BCUT2D eigenvalue weighted by Gasteiger charge is -2.21. The van der Waals surface area contributed by atoms with Crippen molar-refractivity contribution in [3.05, 3.63) is 75.0 Å². The number of fused-ring (bicyclic) bond motifs is 3. The van der Waals surface area contributed by atoms with Gasteiger partial charge < -0.3 is 4.74 Å². The largest absolute Gasteiger partial charge is 0.385 e. The summed E-state index contributed by atoms with van der Waals surface area (Å²) in [5.74, 6) is 0.301. The lowest BCUT2D eigenvalue weighted by atomic mass is 10.2. The highest BCUT2D eigenvalue weighted by Crippen LogP contribution is 2.29. The molecular weight excluding hydrogens is 441 g/mol. The van der Waals surface area contributed by atoms with E-state index in [1.54, 1.807) is 16.4 Å². The molecule has 2 aromatic heterocycles. The van der Waals surface area contributed by atoms with Crippen molar-refractivity contribution in [2.24, 2.45) is 0 Å². The van der Waals surface area contributed by atoms with Crippen molar-refractivity contribution in [1.82, 2.24) is 23.6 Å². The van der Waals surface area contributed by atoms with Gasteiger partial charge in [-0.1, -0.05) is 24.3 Å². The molecule has 1 aliphatic carbocycles. The molecule has 0 saturated heterocycles. The molecule has 0 atom stereocenters. The topological polar surface area (TPSA) is 56.7 Å². The van der Waals surface area contributed by atoms with Crippen molar-refractivity contribution in [1.29, 1.82) is 0 Å². The summed E-state index contributed by atoms with van der Waals surface area (Å²) >= 11 is 5.85. The number of hydrogen-bond acceptors (Lipinski definition) is 5. The van der Waals surface area contributed by atoms with E-state index < -0.39 is 0 Å². The van der Waals surface area contributed by atoms with Gasteiger partial charge in [-0.3, -0.25) is 18.7 Å². The summed E-state index contributed by atoms with van der Waals surface area (Å²) < 4.78 is 24.5. The number of rotatable bonds is 9. The van der Waals surface area contributed by atoms with Gasteiger partial charge in [0.25, 0.3) is 5.56 Å². The first-order chi connectivity index (χ1) is 16.1. The molecule has 7 nitrogen and oxygen atoms in total. The van der Waals surface area contributed by atoms with Gasteiger partial charge in [-0.25, -0.2) is 9.07 Å². The van der Waals surface area contributed by atoms with Gasteiger partial charge in [-0.2, -0.15) is 0 Å². The normalized spacial score (nSPS) is 14.0. The molecule has 1 fully saturated rings. The molecule has 172 valence electrons. The third-order valence-electron chi connectivity index (χ3n) is 6.09. The quantitative estimate of drug-likeness (QED) is 0.275. The van der Waals surface area contributed by atoms with Crippen LogP contribution in [0.3, 0.4) is 0 Å². The van der Waals surface area contributed by atoms with E-state index in [4.69, 9.17) is 22.1 Å². The Balaban J connectivity index is 1.57.